The van der Waals surface area contributed by atoms with Gasteiger partial charge in [-0.3, -0.25) is 0 Å². The maximum absolute atomic E-state index is 2.29. The Morgan fingerprint density at radius 3 is 2.25 bits per heavy atom. The lowest BCUT2D eigenvalue weighted by atomic mass is 9.13. The highest BCUT2D eigenvalue weighted by molar-refractivity contribution is 7.98. The van der Waals surface area contributed by atoms with Gasteiger partial charge in [0.15, 0.2) is 0 Å². The molecule has 0 aromatic carbocycles. The summed E-state index contributed by atoms with van der Waals surface area (Å²) in [5.74, 6) is 5.11. The van der Waals surface area contributed by atoms with Crippen molar-refractivity contribution < 1.29 is 0 Å². The van der Waals surface area contributed by atoms with Crippen molar-refractivity contribution in [2.75, 3.05) is 12.0 Å². The molecule has 2 atom stereocenters. The van der Waals surface area contributed by atoms with Crippen molar-refractivity contribution >= 4 is 11.8 Å². The van der Waals surface area contributed by atoms with E-state index in [9.17, 15) is 0 Å². The number of thioether (sulfide) groups is 1. The molecule has 0 aromatic heterocycles. The third-order valence-corrected chi connectivity index (χ3v) is 6.62. The summed E-state index contributed by atoms with van der Waals surface area (Å²) >= 11 is 2.10. The minimum atomic E-state index is 0.892. The second-order valence-electron chi connectivity index (χ2n) is 5.62. The quantitative estimate of drug-likeness (QED) is 0.629. The molecule has 0 aliphatic heterocycles. The van der Waals surface area contributed by atoms with Crippen LogP contribution < -0.4 is 0 Å². The van der Waals surface area contributed by atoms with Gasteiger partial charge in [-0.15, -0.1) is 0 Å². The summed E-state index contributed by atoms with van der Waals surface area (Å²) in [7, 11) is 0. The summed E-state index contributed by atoms with van der Waals surface area (Å²) in [5.41, 5.74) is 1.87. The summed E-state index contributed by atoms with van der Waals surface area (Å²) in [6.45, 7) is 0. The maximum Gasteiger partial charge on any atom is -0.000774 e. The third kappa shape index (κ3) is 0.372. The summed E-state index contributed by atoms with van der Waals surface area (Å²) < 4.78 is 0. The molecule has 4 aliphatic rings. The van der Waals surface area contributed by atoms with Gasteiger partial charge < -0.3 is 0 Å². The van der Waals surface area contributed by atoms with Crippen LogP contribution in [0, 0.1) is 28.6 Å². The molecule has 4 fully saturated rings. The first-order valence-corrected chi connectivity index (χ1v) is 6.72. The predicted octanol–water partition coefficient (Wildman–Crippen LogP) is 2.79. The highest BCUT2D eigenvalue weighted by atomic mass is 32.2. The summed E-state index contributed by atoms with van der Waals surface area (Å²) in [6.07, 6.45) is 8.75. The van der Waals surface area contributed by atoms with Gasteiger partial charge in [0, 0.05) is 0 Å². The van der Waals surface area contributed by atoms with E-state index in [1.165, 1.54) is 23.5 Å². The number of hydrogen-bond donors (Lipinski definition) is 0. The van der Waals surface area contributed by atoms with Crippen LogP contribution in [0.5, 0.6) is 0 Å². The molecule has 0 radical (unpaired) electrons. The molecule has 0 saturated heterocycles. The average molecular weight is 180 g/mol. The third-order valence-electron chi connectivity index (χ3n) is 5.78. The first-order chi connectivity index (χ1) is 5.83. The Labute approximate surface area is 78.5 Å². The molecule has 0 bridgehead atoms. The molecule has 66 valence electrons. The summed E-state index contributed by atoms with van der Waals surface area (Å²) in [4.78, 5) is 0. The Kier molecular flexibility index (Phi) is 0.915. The van der Waals surface area contributed by atoms with E-state index in [1.54, 1.807) is 25.7 Å². The van der Waals surface area contributed by atoms with Crippen molar-refractivity contribution in [3.63, 3.8) is 0 Å². The lowest BCUT2D eigenvalue weighted by Crippen LogP contribution is -2.85. The largest absolute Gasteiger partial charge is 0.165 e. The molecule has 0 N–H and O–H groups in total. The maximum atomic E-state index is 2.29. The first kappa shape index (κ1) is 6.75. The van der Waals surface area contributed by atoms with Gasteiger partial charge in [-0.1, -0.05) is 0 Å². The first-order valence-electron chi connectivity index (χ1n) is 5.32. The van der Waals surface area contributed by atoms with E-state index in [0.29, 0.717) is 0 Å². The summed E-state index contributed by atoms with van der Waals surface area (Å²) in [6, 6.07) is 0. The molecule has 0 aromatic rings. The van der Waals surface area contributed by atoms with Crippen molar-refractivity contribution in [2.24, 2.45) is 28.6 Å². The fourth-order valence-electron chi connectivity index (χ4n) is 5.68. The van der Waals surface area contributed by atoms with Crippen molar-refractivity contribution in [1.82, 2.24) is 0 Å². The normalized spacial score (nSPS) is 69.2. The van der Waals surface area contributed by atoms with Gasteiger partial charge in [-0.2, -0.15) is 11.8 Å². The van der Waals surface area contributed by atoms with Crippen LogP contribution in [0.15, 0.2) is 0 Å². The number of rotatable bonds is 2. The van der Waals surface area contributed by atoms with Gasteiger partial charge >= 0.3 is 0 Å². The standard InChI is InChI=1S/C11H16S/c1-12-6-10-4-8-2-7-3-9(5-10)11(7,8)10/h7-9H,2-6H2,1H3. The molecule has 1 spiro atoms. The molecule has 1 heteroatoms. The van der Waals surface area contributed by atoms with E-state index in [-0.39, 0.29) is 0 Å². The Balaban J connectivity index is 1.70. The molecule has 12 heavy (non-hydrogen) atoms. The molecule has 4 saturated carbocycles. The van der Waals surface area contributed by atoms with Crippen LogP contribution in [0.3, 0.4) is 0 Å². The SMILES string of the molecule is CSCC12CC3CC4CC(C1)C432. The van der Waals surface area contributed by atoms with Crippen LogP contribution in [0.25, 0.3) is 0 Å². The Morgan fingerprint density at radius 2 is 1.83 bits per heavy atom. The zero-order valence-corrected chi connectivity index (χ0v) is 8.49. The minimum absolute atomic E-state index is 0.892. The second-order valence-corrected chi connectivity index (χ2v) is 6.48. The molecular weight excluding hydrogens is 164 g/mol. The van der Waals surface area contributed by atoms with Gasteiger partial charge in [0.25, 0.3) is 0 Å². The van der Waals surface area contributed by atoms with Crippen molar-refractivity contribution in [2.45, 2.75) is 25.7 Å². The van der Waals surface area contributed by atoms with Crippen molar-refractivity contribution in [3.8, 4) is 0 Å². The fourth-order valence-corrected chi connectivity index (χ4v) is 6.72. The average Bonchev–Trinajstić information content (AvgIpc) is 1.90. The van der Waals surface area contributed by atoms with E-state index in [4.69, 9.17) is 0 Å². The molecule has 2 unspecified atom stereocenters. The van der Waals surface area contributed by atoms with E-state index in [1.807, 2.05) is 0 Å². The van der Waals surface area contributed by atoms with Crippen molar-refractivity contribution in [1.29, 1.82) is 0 Å². The lowest BCUT2D eigenvalue weighted by molar-refractivity contribution is -0.423. The van der Waals surface area contributed by atoms with E-state index < -0.39 is 0 Å². The Hall–Kier alpha value is 0.350. The van der Waals surface area contributed by atoms with E-state index >= 15 is 0 Å². The molecule has 4 rings (SSSR count). The van der Waals surface area contributed by atoms with Crippen LogP contribution in [0.4, 0.5) is 0 Å². The van der Waals surface area contributed by atoms with Gasteiger partial charge in [0.1, 0.15) is 0 Å². The van der Waals surface area contributed by atoms with Crippen LogP contribution >= 0.6 is 11.8 Å². The monoisotopic (exact) mass is 180 g/mol. The van der Waals surface area contributed by atoms with Gasteiger partial charge in [0.2, 0.25) is 0 Å². The summed E-state index contributed by atoms with van der Waals surface area (Å²) in [5, 5.41) is 0. The molecule has 4 aliphatic carbocycles. The Morgan fingerprint density at radius 1 is 1.17 bits per heavy atom. The lowest BCUT2D eigenvalue weighted by Gasteiger charge is -2.91. The van der Waals surface area contributed by atoms with Gasteiger partial charge in [-0.25, -0.2) is 0 Å². The van der Waals surface area contributed by atoms with Crippen LogP contribution in [-0.4, -0.2) is 12.0 Å². The smallest absolute Gasteiger partial charge is 0.000774 e. The van der Waals surface area contributed by atoms with Crippen LogP contribution in [-0.2, 0) is 0 Å². The zero-order valence-electron chi connectivity index (χ0n) is 7.68. The highest BCUT2D eigenvalue weighted by Crippen LogP contribution is 2.93. The number of hydrogen-bond acceptors (Lipinski definition) is 1. The van der Waals surface area contributed by atoms with Crippen molar-refractivity contribution in [3.05, 3.63) is 0 Å². The fraction of sp³-hybridized carbons (Fsp3) is 1.00. The molecule has 0 amide bonds. The molecule has 0 nitrogen and oxygen atoms in total. The highest BCUT2D eigenvalue weighted by Gasteiger charge is 2.86. The van der Waals surface area contributed by atoms with Gasteiger partial charge in [-0.05, 0) is 66.3 Å². The Bertz CT molecular complexity index is 227. The second kappa shape index (κ2) is 1.63. The topological polar surface area (TPSA) is 0 Å². The predicted molar refractivity (Wildman–Crippen MR) is 52.2 cm³/mol. The van der Waals surface area contributed by atoms with E-state index in [0.717, 1.165) is 10.8 Å². The van der Waals surface area contributed by atoms with Crippen LogP contribution in [0.1, 0.15) is 25.7 Å². The minimum Gasteiger partial charge on any atom is -0.165 e. The molecule has 0 heterocycles. The van der Waals surface area contributed by atoms with Gasteiger partial charge in [0.05, 0.1) is 0 Å². The van der Waals surface area contributed by atoms with Crippen LogP contribution in [0.2, 0.25) is 0 Å². The van der Waals surface area contributed by atoms with E-state index in [2.05, 4.69) is 18.0 Å². The molecular formula is C11H16S. The zero-order chi connectivity index (χ0) is 7.97.